The highest BCUT2D eigenvalue weighted by Crippen LogP contribution is 2.08. The first-order valence-corrected chi connectivity index (χ1v) is 6.28. The Bertz CT molecular complexity index is 143. The monoisotopic (exact) mass is 234 g/mol. The maximum Gasteiger partial charge on any atom is 0.143 e. The van der Waals surface area contributed by atoms with Gasteiger partial charge in [-0.05, 0) is 13.5 Å². The van der Waals surface area contributed by atoms with Crippen molar-refractivity contribution in [1.29, 1.82) is 0 Å². The number of unbranched alkanes of at least 4 members (excludes halogenated alkanes) is 4. The number of nitrogens with one attached hydrogen (secondary N) is 1. The Hall–Kier alpha value is 0.210. The van der Waals surface area contributed by atoms with Crippen LogP contribution in [0.2, 0.25) is 0 Å². The summed E-state index contributed by atoms with van der Waals surface area (Å²) in [5.41, 5.74) is 0. The van der Waals surface area contributed by atoms with E-state index in [-0.39, 0.29) is 12.4 Å². The van der Waals surface area contributed by atoms with Crippen LogP contribution in [0.1, 0.15) is 45.4 Å². The van der Waals surface area contributed by atoms with Gasteiger partial charge in [0.15, 0.2) is 0 Å². The number of rotatable bonds is 6. The summed E-state index contributed by atoms with van der Waals surface area (Å²) in [5.74, 6) is 0. The van der Waals surface area contributed by atoms with E-state index < -0.39 is 0 Å². The van der Waals surface area contributed by atoms with Crippen LogP contribution in [0.25, 0.3) is 0 Å². The van der Waals surface area contributed by atoms with Crippen molar-refractivity contribution in [2.45, 2.75) is 51.6 Å². The Kier molecular flexibility index (Phi) is 8.49. The second-order valence-electron chi connectivity index (χ2n) is 4.80. The van der Waals surface area contributed by atoms with Gasteiger partial charge in [-0.2, -0.15) is 0 Å². The van der Waals surface area contributed by atoms with Crippen molar-refractivity contribution in [1.82, 2.24) is 4.90 Å². The number of quaternary nitrogens is 1. The molecule has 2 atom stereocenters. The van der Waals surface area contributed by atoms with Crippen molar-refractivity contribution < 1.29 is 17.3 Å². The summed E-state index contributed by atoms with van der Waals surface area (Å²) in [6.45, 7) is 4.89. The molecule has 0 aliphatic carbocycles. The van der Waals surface area contributed by atoms with Crippen LogP contribution in [0.5, 0.6) is 0 Å². The quantitative estimate of drug-likeness (QED) is 0.530. The number of hydrogen-bond acceptors (Lipinski definition) is 1. The third kappa shape index (κ3) is 5.19. The van der Waals surface area contributed by atoms with E-state index in [1.807, 2.05) is 0 Å². The lowest BCUT2D eigenvalue weighted by atomic mass is 10.1. The predicted molar refractivity (Wildman–Crippen MR) is 61.5 cm³/mol. The minimum atomic E-state index is 0. The molecule has 1 fully saturated rings. The van der Waals surface area contributed by atoms with Crippen molar-refractivity contribution >= 4 is 0 Å². The molecule has 2 unspecified atom stereocenters. The van der Waals surface area contributed by atoms with Crippen LogP contribution < -0.4 is 17.3 Å². The molecular weight excluding hydrogens is 208 g/mol. The Morgan fingerprint density at radius 2 is 1.87 bits per heavy atom. The molecule has 1 heterocycles. The average Bonchev–Trinajstić information content (AvgIpc) is 2.48. The zero-order valence-corrected chi connectivity index (χ0v) is 11.3. The number of halogens is 1. The van der Waals surface area contributed by atoms with Crippen LogP contribution in [-0.4, -0.2) is 38.3 Å². The Morgan fingerprint density at radius 3 is 2.40 bits per heavy atom. The number of likely N-dealkylation sites (N-methyl/N-ethyl adjacent to an activating group) is 2. The lowest BCUT2D eigenvalue weighted by molar-refractivity contribution is -0.898. The molecule has 1 aliphatic rings. The van der Waals surface area contributed by atoms with Crippen molar-refractivity contribution in [3.05, 3.63) is 0 Å². The normalized spacial score (nSPS) is 26.6. The molecule has 0 aromatic carbocycles. The van der Waals surface area contributed by atoms with Crippen molar-refractivity contribution in [2.24, 2.45) is 0 Å². The van der Waals surface area contributed by atoms with Crippen molar-refractivity contribution in [3.8, 4) is 0 Å². The van der Waals surface area contributed by atoms with E-state index in [2.05, 4.69) is 25.9 Å². The summed E-state index contributed by atoms with van der Waals surface area (Å²) in [5, 5.41) is 0. The largest absolute Gasteiger partial charge is 1.00 e. The molecule has 2 nitrogen and oxygen atoms in total. The van der Waals surface area contributed by atoms with Gasteiger partial charge in [0.1, 0.15) is 6.17 Å². The molecule has 0 aromatic heterocycles. The fourth-order valence-electron chi connectivity index (χ4n) is 2.46. The second kappa shape index (κ2) is 8.37. The van der Waals surface area contributed by atoms with Gasteiger partial charge in [0.25, 0.3) is 0 Å². The number of hydrogen-bond donors (Lipinski definition) is 1. The van der Waals surface area contributed by atoms with E-state index in [1.54, 1.807) is 4.90 Å². The summed E-state index contributed by atoms with van der Waals surface area (Å²) >= 11 is 0. The van der Waals surface area contributed by atoms with E-state index >= 15 is 0 Å². The third-order valence-corrected chi connectivity index (χ3v) is 3.54. The first kappa shape index (κ1) is 15.2. The zero-order chi connectivity index (χ0) is 10.4. The summed E-state index contributed by atoms with van der Waals surface area (Å²) < 4.78 is 0. The maximum absolute atomic E-state index is 2.52. The van der Waals surface area contributed by atoms with Gasteiger partial charge >= 0.3 is 0 Å². The lowest BCUT2D eigenvalue weighted by Gasteiger charge is -2.21. The molecule has 0 bridgehead atoms. The molecule has 0 saturated carbocycles. The molecule has 0 amide bonds. The van der Waals surface area contributed by atoms with Crippen LogP contribution in [0, 0.1) is 0 Å². The third-order valence-electron chi connectivity index (χ3n) is 3.54. The summed E-state index contributed by atoms with van der Waals surface area (Å²) in [6.07, 6.45) is 9.27. The first-order chi connectivity index (χ1) is 6.75. The SMILES string of the molecule is CCCCCCCC1N(C)CC[NH+]1C.[Cl-]. The highest BCUT2D eigenvalue weighted by atomic mass is 35.5. The Labute approximate surface area is 101 Å². The van der Waals surface area contributed by atoms with Crippen LogP contribution in [0.4, 0.5) is 0 Å². The van der Waals surface area contributed by atoms with E-state index in [0.29, 0.717) is 0 Å². The minimum Gasteiger partial charge on any atom is -1.00 e. The molecular formula is C12H27ClN2. The molecule has 0 spiro atoms. The summed E-state index contributed by atoms with van der Waals surface area (Å²) in [7, 11) is 4.60. The van der Waals surface area contributed by atoms with Gasteiger partial charge in [-0.15, -0.1) is 0 Å². The van der Waals surface area contributed by atoms with E-state index in [9.17, 15) is 0 Å². The highest BCUT2D eigenvalue weighted by Gasteiger charge is 2.29. The molecule has 1 aliphatic heterocycles. The molecule has 1 rings (SSSR count). The van der Waals surface area contributed by atoms with E-state index in [1.165, 1.54) is 51.6 Å². The average molecular weight is 235 g/mol. The summed E-state index contributed by atoms with van der Waals surface area (Å²) in [6, 6.07) is 0. The fourth-order valence-corrected chi connectivity index (χ4v) is 2.46. The molecule has 3 heteroatoms. The van der Waals surface area contributed by atoms with Crippen LogP contribution in [0.3, 0.4) is 0 Å². The van der Waals surface area contributed by atoms with Crippen molar-refractivity contribution in [3.63, 3.8) is 0 Å². The van der Waals surface area contributed by atoms with Crippen LogP contribution in [-0.2, 0) is 0 Å². The minimum absolute atomic E-state index is 0. The van der Waals surface area contributed by atoms with Gasteiger partial charge in [-0.3, -0.25) is 4.90 Å². The fraction of sp³-hybridized carbons (Fsp3) is 1.00. The number of nitrogens with zero attached hydrogens (tertiary/aromatic N) is 1. The maximum atomic E-state index is 2.52. The molecule has 0 radical (unpaired) electrons. The van der Waals surface area contributed by atoms with Gasteiger partial charge < -0.3 is 17.3 Å². The zero-order valence-electron chi connectivity index (χ0n) is 10.6. The van der Waals surface area contributed by atoms with Crippen molar-refractivity contribution in [2.75, 3.05) is 27.2 Å². The standard InChI is InChI=1S/C12H26N2.ClH/c1-4-5-6-7-8-9-12-13(2)10-11-14(12)3;/h12H,4-11H2,1-3H3;1H. The Balaban J connectivity index is 0.00000196. The summed E-state index contributed by atoms with van der Waals surface area (Å²) in [4.78, 5) is 4.23. The highest BCUT2D eigenvalue weighted by molar-refractivity contribution is 4.62. The van der Waals surface area contributed by atoms with Gasteiger partial charge in [0.2, 0.25) is 0 Å². The molecule has 15 heavy (non-hydrogen) atoms. The van der Waals surface area contributed by atoms with Gasteiger partial charge in [0, 0.05) is 6.42 Å². The van der Waals surface area contributed by atoms with Gasteiger partial charge in [0.05, 0.1) is 20.1 Å². The van der Waals surface area contributed by atoms with Gasteiger partial charge in [-0.25, -0.2) is 0 Å². The topological polar surface area (TPSA) is 7.68 Å². The predicted octanol–water partition coefficient (Wildman–Crippen LogP) is -1.86. The second-order valence-corrected chi connectivity index (χ2v) is 4.80. The smallest absolute Gasteiger partial charge is 0.143 e. The molecule has 0 aromatic rings. The van der Waals surface area contributed by atoms with Crippen LogP contribution >= 0.6 is 0 Å². The first-order valence-electron chi connectivity index (χ1n) is 6.28. The molecule has 1 saturated heterocycles. The molecule has 1 N–H and O–H groups in total. The van der Waals surface area contributed by atoms with Gasteiger partial charge in [-0.1, -0.05) is 32.6 Å². The lowest BCUT2D eigenvalue weighted by Crippen LogP contribution is -3.11. The van der Waals surface area contributed by atoms with E-state index in [4.69, 9.17) is 0 Å². The Morgan fingerprint density at radius 1 is 1.20 bits per heavy atom. The van der Waals surface area contributed by atoms with Crippen LogP contribution in [0.15, 0.2) is 0 Å². The van der Waals surface area contributed by atoms with E-state index in [0.717, 1.165) is 6.17 Å². The molecule has 92 valence electrons.